The van der Waals surface area contributed by atoms with Crippen molar-refractivity contribution in [3.63, 3.8) is 0 Å². The summed E-state index contributed by atoms with van der Waals surface area (Å²) in [4.78, 5) is 0. The number of rotatable bonds is 8. The van der Waals surface area contributed by atoms with Crippen molar-refractivity contribution < 1.29 is 5.11 Å². The van der Waals surface area contributed by atoms with Crippen LogP contribution in [0, 0.1) is 18.8 Å². The molecule has 0 saturated heterocycles. The van der Waals surface area contributed by atoms with Crippen molar-refractivity contribution in [3.8, 4) is 0 Å². The quantitative estimate of drug-likeness (QED) is 0.620. The molecule has 5 N–H and O–H groups in total. The first-order valence-electron chi connectivity index (χ1n) is 8.67. The molecule has 126 valence electrons. The van der Waals surface area contributed by atoms with Crippen LogP contribution >= 0.6 is 0 Å². The standard InChI is InChI=1S/C19H34N2O/c1-6-8-14(9-7-2)16(19(22)12(3)4)15-11-10-13(5)17(20)18(15)21/h10-12,14,16,19,22H,6-9,20-21H2,1-5H3. The number of hydrogen-bond acceptors (Lipinski definition) is 3. The van der Waals surface area contributed by atoms with Crippen LogP contribution in [0.5, 0.6) is 0 Å². The zero-order valence-electron chi connectivity index (χ0n) is 14.9. The molecule has 1 aromatic rings. The number of anilines is 2. The van der Waals surface area contributed by atoms with Crippen molar-refractivity contribution in [2.45, 2.75) is 72.3 Å². The minimum absolute atomic E-state index is 0.0581. The highest BCUT2D eigenvalue weighted by atomic mass is 16.3. The molecule has 0 aliphatic rings. The Balaban J connectivity index is 3.33. The van der Waals surface area contributed by atoms with Crippen LogP contribution in [0.15, 0.2) is 12.1 Å². The van der Waals surface area contributed by atoms with Gasteiger partial charge >= 0.3 is 0 Å². The summed E-state index contributed by atoms with van der Waals surface area (Å²) in [6, 6.07) is 4.09. The van der Waals surface area contributed by atoms with Gasteiger partial charge in [0.25, 0.3) is 0 Å². The minimum atomic E-state index is -0.396. The fourth-order valence-corrected chi connectivity index (χ4v) is 3.43. The first kappa shape index (κ1) is 18.8. The van der Waals surface area contributed by atoms with E-state index in [1.54, 1.807) is 0 Å². The number of aryl methyl sites for hydroxylation is 1. The third-order valence-corrected chi connectivity index (χ3v) is 4.78. The maximum absolute atomic E-state index is 10.9. The van der Waals surface area contributed by atoms with Crippen LogP contribution in [0.1, 0.15) is 70.4 Å². The summed E-state index contributed by atoms with van der Waals surface area (Å²) in [6.07, 6.45) is 4.05. The molecule has 2 atom stereocenters. The second-order valence-corrected chi connectivity index (χ2v) is 6.90. The molecular weight excluding hydrogens is 272 g/mol. The second kappa shape index (κ2) is 8.42. The number of nitrogens with two attached hydrogens (primary N) is 2. The topological polar surface area (TPSA) is 72.3 Å². The Morgan fingerprint density at radius 2 is 1.55 bits per heavy atom. The molecule has 0 aliphatic carbocycles. The van der Waals surface area contributed by atoms with Gasteiger partial charge in [-0.3, -0.25) is 0 Å². The van der Waals surface area contributed by atoms with Gasteiger partial charge < -0.3 is 16.6 Å². The molecule has 1 rings (SSSR count). The van der Waals surface area contributed by atoms with E-state index < -0.39 is 6.10 Å². The van der Waals surface area contributed by atoms with E-state index in [9.17, 15) is 5.11 Å². The normalized spacial score (nSPS) is 14.5. The molecule has 2 unspecified atom stereocenters. The lowest BCUT2D eigenvalue weighted by Crippen LogP contribution is -2.31. The van der Waals surface area contributed by atoms with Gasteiger partial charge in [-0.15, -0.1) is 0 Å². The maximum Gasteiger partial charge on any atom is 0.0635 e. The molecule has 22 heavy (non-hydrogen) atoms. The monoisotopic (exact) mass is 306 g/mol. The van der Waals surface area contributed by atoms with E-state index in [1.807, 2.05) is 13.0 Å². The number of aliphatic hydroxyl groups excluding tert-OH is 1. The van der Waals surface area contributed by atoms with E-state index in [2.05, 4.69) is 33.8 Å². The fourth-order valence-electron chi connectivity index (χ4n) is 3.43. The second-order valence-electron chi connectivity index (χ2n) is 6.90. The van der Waals surface area contributed by atoms with E-state index in [1.165, 1.54) is 0 Å². The van der Waals surface area contributed by atoms with E-state index in [0.717, 1.165) is 36.8 Å². The Morgan fingerprint density at radius 1 is 1.00 bits per heavy atom. The largest absolute Gasteiger partial charge is 0.397 e. The predicted octanol–water partition coefficient (Wildman–Crippen LogP) is 4.48. The number of aliphatic hydroxyl groups is 1. The van der Waals surface area contributed by atoms with Crippen molar-refractivity contribution in [2.75, 3.05) is 11.5 Å². The molecule has 0 amide bonds. The van der Waals surface area contributed by atoms with E-state index in [-0.39, 0.29) is 11.8 Å². The molecule has 0 aliphatic heterocycles. The van der Waals surface area contributed by atoms with Crippen molar-refractivity contribution >= 4 is 11.4 Å². The Bertz CT molecular complexity index is 465. The zero-order chi connectivity index (χ0) is 16.9. The van der Waals surface area contributed by atoms with Gasteiger partial charge in [-0.1, -0.05) is 65.5 Å². The van der Waals surface area contributed by atoms with Gasteiger partial charge in [0, 0.05) is 5.92 Å². The van der Waals surface area contributed by atoms with Crippen molar-refractivity contribution in [1.82, 2.24) is 0 Å². The molecule has 0 aromatic heterocycles. The fraction of sp³-hybridized carbons (Fsp3) is 0.684. The van der Waals surface area contributed by atoms with Gasteiger partial charge in [-0.05, 0) is 29.9 Å². The summed E-state index contributed by atoms with van der Waals surface area (Å²) < 4.78 is 0. The first-order chi connectivity index (χ1) is 10.3. The Hall–Kier alpha value is -1.22. The third kappa shape index (κ3) is 4.16. The highest BCUT2D eigenvalue weighted by Crippen LogP contribution is 2.41. The molecule has 0 heterocycles. The van der Waals surface area contributed by atoms with Crippen LogP contribution in [-0.4, -0.2) is 11.2 Å². The van der Waals surface area contributed by atoms with Crippen LogP contribution in [0.2, 0.25) is 0 Å². The maximum atomic E-state index is 10.9. The molecule has 3 nitrogen and oxygen atoms in total. The average Bonchev–Trinajstić information content (AvgIpc) is 2.47. The molecular formula is C19H34N2O. The van der Waals surface area contributed by atoms with Crippen molar-refractivity contribution in [2.24, 2.45) is 11.8 Å². The van der Waals surface area contributed by atoms with Crippen LogP contribution in [0.25, 0.3) is 0 Å². The minimum Gasteiger partial charge on any atom is -0.397 e. The molecule has 0 radical (unpaired) electrons. The number of benzene rings is 1. The number of hydrogen-bond donors (Lipinski definition) is 3. The Labute approximate surface area is 136 Å². The molecule has 0 bridgehead atoms. The predicted molar refractivity (Wildman–Crippen MR) is 96.9 cm³/mol. The number of nitrogen functional groups attached to an aromatic ring is 2. The van der Waals surface area contributed by atoms with Gasteiger partial charge in [0.05, 0.1) is 17.5 Å². The molecule has 1 aromatic carbocycles. The van der Waals surface area contributed by atoms with Crippen molar-refractivity contribution in [3.05, 3.63) is 23.3 Å². The van der Waals surface area contributed by atoms with Gasteiger partial charge in [-0.2, -0.15) is 0 Å². The Morgan fingerprint density at radius 3 is 2.00 bits per heavy atom. The van der Waals surface area contributed by atoms with E-state index in [0.29, 0.717) is 17.3 Å². The van der Waals surface area contributed by atoms with Gasteiger partial charge in [-0.25, -0.2) is 0 Å². The first-order valence-corrected chi connectivity index (χ1v) is 8.67. The summed E-state index contributed by atoms with van der Waals surface area (Å²) in [6.45, 7) is 10.5. The highest BCUT2D eigenvalue weighted by molar-refractivity contribution is 5.71. The van der Waals surface area contributed by atoms with Crippen LogP contribution in [0.3, 0.4) is 0 Å². The van der Waals surface area contributed by atoms with E-state index in [4.69, 9.17) is 11.5 Å². The lowest BCUT2D eigenvalue weighted by atomic mass is 9.74. The smallest absolute Gasteiger partial charge is 0.0635 e. The zero-order valence-corrected chi connectivity index (χ0v) is 14.9. The SMILES string of the molecule is CCCC(CCC)C(c1ccc(C)c(N)c1N)C(O)C(C)C. The van der Waals surface area contributed by atoms with Crippen molar-refractivity contribution in [1.29, 1.82) is 0 Å². The summed E-state index contributed by atoms with van der Waals surface area (Å²) in [5.41, 5.74) is 15.8. The molecule has 0 saturated carbocycles. The Kier molecular flexibility index (Phi) is 7.21. The molecule has 3 heteroatoms. The summed E-state index contributed by atoms with van der Waals surface area (Å²) >= 11 is 0. The van der Waals surface area contributed by atoms with Gasteiger partial charge in [0.15, 0.2) is 0 Å². The van der Waals surface area contributed by atoms with Gasteiger partial charge in [0.2, 0.25) is 0 Å². The average molecular weight is 306 g/mol. The van der Waals surface area contributed by atoms with Crippen LogP contribution in [0.4, 0.5) is 11.4 Å². The summed E-state index contributed by atoms with van der Waals surface area (Å²) in [7, 11) is 0. The molecule has 0 spiro atoms. The highest BCUT2D eigenvalue weighted by Gasteiger charge is 2.32. The third-order valence-electron chi connectivity index (χ3n) is 4.78. The van der Waals surface area contributed by atoms with Crippen LogP contribution in [-0.2, 0) is 0 Å². The van der Waals surface area contributed by atoms with Gasteiger partial charge in [0.1, 0.15) is 0 Å². The van der Waals surface area contributed by atoms with Crippen LogP contribution < -0.4 is 11.5 Å². The molecule has 0 fully saturated rings. The van der Waals surface area contributed by atoms with E-state index >= 15 is 0 Å². The lowest BCUT2D eigenvalue weighted by Gasteiger charge is -2.34. The lowest BCUT2D eigenvalue weighted by molar-refractivity contribution is 0.0678. The summed E-state index contributed by atoms with van der Waals surface area (Å²) in [5.74, 6) is 0.697. The summed E-state index contributed by atoms with van der Waals surface area (Å²) in [5, 5.41) is 10.9.